The molecule has 1 N–H and O–H groups in total. The molecule has 154 valence electrons. The van der Waals surface area contributed by atoms with E-state index in [9.17, 15) is 0 Å². The van der Waals surface area contributed by atoms with E-state index in [1.807, 2.05) is 24.5 Å². The molecule has 0 saturated carbocycles. The minimum atomic E-state index is 0. The molecule has 0 amide bonds. The van der Waals surface area contributed by atoms with Crippen molar-refractivity contribution in [2.45, 2.75) is 6.42 Å². The Hall–Kier alpha value is -1.65. The molecule has 0 radical (unpaired) electrons. The molecule has 0 bridgehead atoms. The molecule has 5 nitrogen and oxygen atoms in total. The van der Waals surface area contributed by atoms with E-state index in [1.54, 1.807) is 11.3 Å². The molecule has 29 heavy (non-hydrogen) atoms. The molecule has 1 saturated heterocycles. The molecule has 3 heterocycles. The van der Waals surface area contributed by atoms with E-state index in [4.69, 9.17) is 4.98 Å². The van der Waals surface area contributed by atoms with Crippen molar-refractivity contribution in [1.29, 1.82) is 0 Å². The van der Waals surface area contributed by atoms with Gasteiger partial charge in [0.15, 0.2) is 5.96 Å². The highest BCUT2D eigenvalue weighted by Gasteiger charge is 2.20. The first-order chi connectivity index (χ1) is 13.8. The fourth-order valence-corrected chi connectivity index (χ4v) is 5.00. The van der Waals surface area contributed by atoms with Gasteiger partial charge in [0.05, 0.1) is 10.7 Å². The van der Waals surface area contributed by atoms with Crippen molar-refractivity contribution in [3.63, 3.8) is 0 Å². The zero-order valence-electron chi connectivity index (χ0n) is 16.5. The van der Waals surface area contributed by atoms with Crippen LogP contribution in [-0.4, -0.2) is 55.6 Å². The van der Waals surface area contributed by atoms with Crippen LogP contribution >= 0.6 is 46.7 Å². The number of rotatable bonds is 5. The van der Waals surface area contributed by atoms with Gasteiger partial charge in [-0.25, -0.2) is 4.98 Å². The summed E-state index contributed by atoms with van der Waals surface area (Å²) in [4.78, 5) is 14.1. The highest BCUT2D eigenvalue weighted by atomic mass is 127. The highest BCUT2D eigenvalue weighted by molar-refractivity contribution is 14.0. The maximum absolute atomic E-state index is 4.77. The molecule has 8 heteroatoms. The second-order valence-electron chi connectivity index (χ2n) is 6.66. The average Bonchev–Trinajstić information content (AvgIpc) is 3.45. The van der Waals surface area contributed by atoms with Crippen molar-refractivity contribution in [3.05, 3.63) is 58.9 Å². The first-order valence-corrected chi connectivity index (χ1v) is 11.3. The summed E-state index contributed by atoms with van der Waals surface area (Å²) in [6.07, 6.45) is 0.900. The van der Waals surface area contributed by atoms with Crippen LogP contribution in [0.2, 0.25) is 0 Å². The Morgan fingerprint density at radius 2 is 1.86 bits per heavy atom. The van der Waals surface area contributed by atoms with Crippen molar-refractivity contribution in [1.82, 2.24) is 15.2 Å². The summed E-state index contributed by atoms with van der Waals surface area (Å²) in [6, 6.07) is 14.7. The number of piperazine rings is 1. The molecule has 0 unspecified atom stereocenters. The van der Waals surface area contributed by atoms with Gasteiger partial charge in [0.2, 0.25) is 0 Å². The summed E-state index contributed by atoms with van der Waals surface area (Å²) in [5.41, 5.74) is 2.32. The molecule has 1 aliphatic heterocycles. The summed E-state index contributed by atoms with van der Waals surface area (Å²) < 4.78 is 0. The molecule has 1 fully saturated rings. The average molecular weight is 540 g/mol. The van der Waals surface area contributed by atoms with Crippen molar-refractivity contribution in [3.8, 4) is 10.6 Å². The Morgan fingerprint density at radius 1 is 1.07 bits per heavy atom. The number of aliphatic imine (C=N–C) groups is 1. The van der Waals surface area contributed by atoms with Crippen LogP contribution < -0.4 is 10.2 Å². The van der Waals surface area contributed by atoms with Gasteiger partial charge in [-0.05, 0) is 17.5 Å². The lowest BCUT2D eigenvalue weighted by Crippen LogP contribution is -2.52. The summed E-state index contributed by atoms with van der Waals surface area (Å²) in [5, 5.41) is 10.3. The molecule has 0 spiro atoms. The maximum Gasteiger partial charge on any atom is 0.193 e. The van der Waals surface area contributed by atoms with Gasteiger partial charge in [-0.3, -0.25) is 4.99 Å². The molecular formula is C21H26IN5S2. The monoisotopic (exact) mass is 539 g/mol. The van der Waals surface area contributed by atoms with Crippen LogP contribution in [0.1, 0.15) is 5.69 Å². The lowest BCUT2D eigenvalue weighted by molar-refractivity contribution is 0.373. The smallest absolute Gasteiger partial charge is 0.193 e. The van der Waals surface area contributed by atoms with Crippen LogP contribution in [-0.2, 0) is 6.42 Å². The number of aromatic nitrogens is 1. The van der Waals surface area contributed by atoms with Gasteiger partial charge < -0.3 is 15.1 Å². The summed E-state index contributed by atoms with van der Waals surface area (Å²) >= 11 is 3.52. The highest BCUT2D eigenvalue weighted by Crippen LogP contribution is 2.24. The van der Waals surface area contributed by atoms with E-state index in [1.165, 1.54) is 10.6 Å². The van der Waals surface area contributed by atoms with Crippen LogP contribution in [0, 0.1) is 0 Å². The Morgan fingerprint density at radius 3 is 2.55 bits per heavy atom. The molecule has 3 aromatic rings. The van der Waals surface area contributed by atoms with E-state index in [0.29, 0.717) is 0 Å². The summed E-state index contributed by atoms with van der Waals surface area (Å²) in [5.74, 6) is 0.990. The van der Waals surface area contributed by atoms with Gasteiger partial charge in [0, 0.05) is 57.1 Å². The van der Waals surface area contributed by atoms with Crippen molar-refractivity contribution in [2.75, 3.05) is 44.7 Å². The number of benzene rings is 1. The van der Waals surface area contributed by atoms with Crippen molar-refractivity contribution >= 4 is 57.6 Å². The quantitative estimate of drug-likeness (QED) is 0.296. The number of halogens is 1. The number of guanidine groups is 1. The van der Waals surface area contributed by atoms with Gasteiger partial charge in [0.1, 0.15) is 5.01 Å². The first-order valence-electron chi connectivity index (χ1n) is 9.57. The van der Waals surface area contributed by atoms with Gasteiger partial charge in [-0.1, -0.05) is 30.3 Å². The third-order valence-corrected chi connectivity index (χ3v) is 6.71. The SMILES string of the molecule is CN=C(NCCc1csc(-c2ccccc2)n1)N1CCN(c2cccs2)CC1.I. The Balaban J connectivity index is 0.00000240. The van der Waals surface area contributed by atoms with Gasteiger partial charge in [0.25, 0.3) is 0 Å². The fourth-order valence-electron chi connectivity index (χ4n) is 3.36. The standard InChI is InChI=1S/C21H25N5S2.HI/c1-22-21(26-13-11-25(12-14-26)19-8-5-15-27-19)23-10-9-18-16-28-20(24-18)17-6-3-2-4-7-17;/h2-8,15-16H,9-14H2,1H3,(H,22,23);1H. The van der Waals surface area contributed by atoms with E-state index in [-0.39, 0.29) is 24.0 Å². The normalized spacial score (nSPS) is 14.6. The zero-order valence-corrected chi connectivity index (χ0v) is 20.4. The van der Waals surface area contributed by atoms with E-state index in [0.717, 1.165) is 55.8 Å². The van der Waals surface area contributed by atoms with Crippen molar-refractivity contribution in [2.24, 2.45) is 4.99 Å². The number of thiophene rings is 1. The number of hydrogen-bond acceptors (Lipinski definition) is 5. The van der Waals surface area contributed by atoms with Gasteiger partial charge in [-0.15, -0.1) is 46.7 Å². The lowest BCUT2D eigenvalue weighted by Gasteiger charge is -2.37. The van der Waals surface area contributed by atoms with Gasteiger partial charge >= 0.3 is 0 Å². The Bertz CT molecular complexity index is 887. The first kappa shape index (κ1) is 22.0. The molecule has 4 rings (SSSR count). The number of nitrogens with zero attached hydrogens (tertiary/aromatic N) is 4. The predicted molar refractivity (Wildman–Crippen MR) is 136 cm³/mol. The Kier molecular flexibility index (Phi) is 8.31. The zero-order chi connectivity index (χ0) is 19.2. The van der Waals surface area contributed by atoms with E-state index >= 15 is 0 Å². The van der Waals surface area contributed by atoms with Crippen molar-refractivity contribution < 1.29 is 0 Å². The molecule has 0 atom stereocenters. The second-order valence-corrected chi connectivity index (χ2v) is 8.44. The fraction of sp³-hybridized carbons (Fsp3) is 0.333. The molecular weight excluding hydrogens is 513 g/mol. The Labute approximate surface area is 197 Å². The van der Waals surface area contributed by atoms with Crippen LogP contribution in [0.4, 0.5) is 5.00 Å². The molecule has 1 aromatic carbocycles. The number of hydrogen-bond donors (Lipinski definition) is 1. The second kappa shape index (κ2) is 10.9. The van der Waals surface area contributed by atoms with E-state index < -0.39 is 0 Å². The largest absolute Gasteiger partial charge is 0.360 e. The number of nitrogens with one attached hydrogen (secondary N) is 1. The molecule has 0 aliphatic carbocycles. The molecule has 1 aliphatic rings. The molecule has 2 aromatic heterocycles. The minimum Gasteiger partial charge on any atom is -0.360 e. The topological polar surface area (TPSA) is 43.8 Å². The van der Waals surface area contributed by atoms with E-state index in [2.05, 4.69) is 67.3 Å². The maximum atomic E-state index is 4.77. The minimum absolute atomic E-state index is 0. The predicted octanol–water partition coefficient (Wildman–Crippen LogP) is 4.43. The number of anilines is 1. The third-order valence-electron chi connectivity index (χ3n) is 4.85. The van der Waals surface area contributed by atoms with Crippen LogP contribution in [0.5, 0.6) is 0 Å². The summed E-state index contributed by atoms with van der Waals surface area (Å²) in [6.45, 7) is 4.90. The van der Waals surface area contributed by atoms with Crippen LogP contribution in [0.3, 0.4) is 0 Å². The van der Waals surface area contributed by atoms with Crippen LogP contribution in [0.25, 0.3) is 10.6 Å². The summed E-state index contributed by atoms with van der Waals surface area (Å²) in [7, 11) is 1.87. The van der Waals surface area contributed by atoms with Crippen LogP contribution in [0.15, 0.2) is 58.2 Å². The van der Waals surface area contributed by atoms with Gasteiger partial charge in [-0.2, -0.15) is 0 Å². The number of thiazole rings is 1. The lowest BCUT2D eigenvalue weighted by atomic mass is 10.2. The third kappa shape index (κ3) is 5.70.